The molecule has 3 fully saturated rings. The van der Waals surface area contributed by atoms with Crippen molar-refractivity contribution in [3.05, 3.63) is 11.6 Å². The molecule has 0 heterocycles. The highest BCUT2D eigenvalue weighted by atomic mass is 32.2. The topological polar surface area (TPSA) is 18.5 Å². The maximum atomic E-state index is 13.9. The fourth-order valence-corrected chi connectivity index (χ4v) is 9.36. The Morgan fingerprint density at radius 1 is 1.12 bits per heavy atom. The van der Waals surface area contributed by atoms with Crippen molar-refractivity contribution < 1.29 is 13.4 Å². The monoisotopic (exact) mass is 466 g/mol. The van der Waals surface area contributed by atoms with Crippen molar-refractivity contribution in [2.75, 3.05) is 19.7 Å². The summed E-state index contributed by atoms with van der Waals surface area (Å²) in [5, 5.41) is 0. The fourth-order valence-electron chi connectivity index (χ4n) is 8.62. The van der Waals surface area contributed by atoms with Gasteiger partial charge in [-0.25, -0.2) is 0 Å². The minimum atomic E-state index is 0.0753. The number of methoxy groups -OCH3 is 1. The van der Waals surface area contributed by atoms with E-state index in [0.29, 0.717) is 36.0 Å². The maximum absolute atomic E-state index is 13.9. The molecule has 0 spiro atoms. The maximum Gasteiger partial charge on any atom is 0.146 e. The predicted molar refractivity (Wildman–Crippen MR) is 133 cm³/mol. The quantitative estimate of drug-likeness (QED) is 0.183. The molecule has 4 aliphatic rings. The second-order valence-electron chi connectivity index (χ2n) is 12.2. The Morgan fingerprint density at radius 2 is 1.97 bits per heavy atom. The van der Waals surface area contributed by atoms with Crippen molar-refractivity contribution >= 4 is 12.1 Å². The molecule has 7 atom stereocenters. The average molecular weight is 467 g/mol. The largest absolute Gasteiger partial charge is 0.359 e. The second-order valence-corrected chi connectivity index (χ2v) is 12.7. The minimum absolute atomic E-state index is 0.0753. The van der Waals surface area contributed by atoms with E-state index in [1.165, 1.54) is 63.4 Å². The molecule has 2 nitrogen and oxygen atoms in total. The van der Waals surface area contributed by atoms with Gasteiger partial charge in [0, 0.05) is 30.4 Å². The van der Waals surface area contributed by atoms with Crippen molar-refractivity contribution in [1.29, 1.82) is 0 Å². The van der Waals surface area contributed by atoms with Gasteiger partial charge >= 0.3 is 0 Å². The number of hydrogen-bond donors (Lipinski definition) is 0. The highest BCUT2D eigenvalue weighted by molar-refractivity contribution is 7.94. The van der Waals surface area contributed by atoms with E-state index in [4.69, 9.17) is 9.47 Å². The number of unbranched alkanes of at least 4 members (excludes halogenated alkanes) is 1. The van der Waals surface area contributed by atoms with E-state index in [9.17, 15) is 3.89 Å². The molecule has 7 unspecified atom stereocenters. The summed E-state index contributed by atoms with van der Waals surface area (Å²) >= 11 is 0.594. The third-order valence-electron chi connectivity index (χ3n) is 10.3. The summed E-state index contributed by atoms with van der Waals surface area (Å²) in [7, 11) is 1.69. The zero-order valence-corrected chi connectivity index (χ0v) is 21.9. The Kier molecular flexibility index (Phi) is 8.37. The summed E-state index contributed by atoms with van der Waals surface area (Å²) in [6, 6.07) is 0. The lowest BCUT2D eigenvalue weighted by Gasteiger charge is -2.59. The van der Waals surface area contributed by atoms with Crippen LogP contribution in [0, 0.1) is 40.4 Å². The van der Waals surface area contributed by atoms with E-state index in [2.05, 4.69) is 26.8 Å². The molecule has 0 aromatic heterocycles. The molecule has 4 heteroatoms. The third-order valence-corrected chi connectivity index (χ3v) is 10.9. The fraction of sp³-hybridized carbons (Fsp3) is 0.929. The SMILES string of the molecule is COCOC1CCC2(CSF)C(=CCC3C2CCC2(C)C(CCCCC(C)C)CCC32)C1. The average Bonchev–Trinajstić information content (AvgIpc) is 3.11. The van der Waals surface area contributed by atoms with Gasteiger partial charge in [-0.3, -0.25) is 0 Å². The van der Waals surface area contributed by atoms with Crippen LogP contribution in [0.5, 0.6) is 0 Å². The lowest BCUT2D eigenvalue weighted by Crippen LogP contribution is -2.52. The molecule has 0 aromatic rings. The molecule has 3 saturated carbocycles. The van der Waals surface area contributed by atoms with Gasteiger partial charge in [0.1, 0.15) is 6.79 Å². The first-order chi connectivity index (χ1) is 15.4. The molecule has 0 bridgehead atoms. The number of rotatable bonds is 10. The predicted octanol–water partition coefficient (Wildman–Crippen LogP) is 8.37. The van der Waals surface area contributed by atoms with Crippen LogP contribution in [0.15, 0.2) is 11.6 Å². The molecular weight excluding hydrogens is 419 g/mol. The van der Waals surface area contributed by atoms with E-state index in [1.54, 1.807) is 7.11 Å². The van der Waals surface area contributed by atoms with Crippen molar-refractivity contribution in [1.82, 2.24) is 0 Å². The van der Waals surface area contributed by atoms with Gasteiger partial charge in [-0.15, -0.1) is 0 Å². The van der Waals surface area contributed by atoms with Gasteiger partial charge in [-0.2, -0.15) is 3.89 Å². The van der Waals surface area contributed by atoms with E-state index in [1.807, 2.05) is 0 Å². The van der Waals surface area contributed by atoms with E-state index >= 15 is 0 Å². The lowest BCUT2D eigenvalue weighted by molar-refractivity contribution is -0.0967. The molecule has 0 aromatic carbocycles. The summed E-state index contributed by atoms with van der Waals surface area (Å²) in [6.45, 7) is 7.71. The summed E-state index contributed by atoms with van der Waals surface area (Å²) in [5.41, 5.74) is 2.11. The Balaban J connectivity index is 1.47. The Labute approximate surface area is 201 Å². The van der Waals surface area contributed by atoms with E-state index in [-0.39, 0.29) is 11.5 Å². The van der Waals surface area contributed by atoms with Crippen LogP contribution >= 0.6 is 12.1 Å². The molecule has 0 aliphatic heterocycles. The summed E-state index contributed by atoms with van der Waals surface area (Å²) in [6.07, 6.45) is 18.3. The van der Waals surface area contributed by atoms with Crippen LogP contribution in [0.1, 0.15) is 97.8 Å². The molecule has 4 aliphatic carbocycles. The molecule has 0 radical (unpaired) electrons. The Bertz CT molecular complexity index is 651. The Morgan fingerprint density at radius 3 is 2.72 bits per heavy atom. The number of ether oxygens (including phenoxy) is 2. The highest BCUT2D eigenvalue weighted by Gasteiger charge is 2.59. The standard InChI is InChI=1S/C28H47FO2S/c1-20(2)7-5-6-8-21-10-12-25-24-11-9-22-17-23(31-19-30-4)13-16-28(22,18-32-29)26(24)14-15-27(21,25)3/h9,20-21,23-26H,5-8,10-19H2,1-4H3. The summed E-state index contributed by atoms with van der Waals surface area (Å²) in [5.74, 6) is 4.68. The normalized spacial score (nSPS) is 41.2. The lowest BCUT2D eigenvalue weighted by atomic mass is 9.47. The van der Waals surface area contributed by atoms with Gasteiger partial charge < -0.3 is 9.47 Å². The zero-order valence-electron chi connectivity index (χ0n) is 21.0. The number of allylic oxidation sites excluding steroid dienone is 1. The van der Waals surface area contributed by atoms with Crippen LogP contribution in [0.3, 0.4) is 0 Å². The van der Waals surface area contributed by atoms with Crippen LogP contribution in [-0.4, -0.2) is 25.8 Å². The van der Waals surface area contributed by atoms with Gasteiger partial charge in [-0.1, -0.05) is 51.7 Å². The van der Waals surface area contributed by atoms with Crippen LogP contribution in [0.2, 0.25) is 0 Å². The summed E-state index contributed by atoms with van der Waals surface area (Å²) < 4.78 is 25.0. The molecule has 0 N–H and O–H groups in total. The van der Waals surface area contributed by atoms with Gasteiger partial charge in [0.15, 0.2) is 0 Å². The zero-order chi connectivity index (χ0) is 22.8. The smallest absolute Gasteiger partial charge is 0.146 e. The van der Waals surface area contributed by atoms with Crippen molar-refractivity contribution in [2.24, 2.45) is 40.4 Å². The molecule has 4 rings (SSSR count). The van der Waals surface area contributed by atoms with Crippen molar-refractivity contribution in [2.45, 2.75) is 104 Å². The number of hydrogen-bond acceptors (Lipinski definition) is 3. The van der Waals surface area contributed by atoms with Crippen LogP contribution in [0.4, 0.5) is 3.89 Å². The van der Waals surface area contributed by atoms with Crippen LogP contribution in [-0.2, 0) is 9.47 Å². The molecule has 184 valence electrons. The van der Waals surface area contributed by atoms with Gasteiger partial charge in [-0.05, 0) is 92.8 Å². The summed E-state index contributed by atoms with van der Waals surface area (Å²) in [4.78, 5) is 0. The molecular formula is C28H47FO2S. The van der Waals surface area contributed by atoms with E-state index in [0.717, 1.165) is 42.9 Å². The van der Waals surface area contributed by atoms with Crippen LogP contribution < -0.4 is 0 Å². The number of fused-ring (bicyclic) bond motifs is 5. The van der Waals surface area contributed by atoms with Crippen molar-refractivity contribution in [3.8, 4) is 0 Å². The number of halogens is 1. The highest BCUT2D eigenvalue weighted by Crippen LogP contribution is 2.67. The van der Waals surface area contributed by atoms with E-state index < -0.39 is 0 Å². The van der Waals surface area contributed by atoms with Crippen LogP contribution in [0.25, 0.3) is 0 Å². The second kappa shape index (κ2) is 10.7. The first-order valence-corrected chi connectivity index (χ1v) is 14.4. The molecule has 0 saturated heterocycles. The van der Waals surface area contributed by atoms with Crippen molar-refractivity contribution in [3.63, 3.8) is 0 Å². The molecule has 32 heavy (non-hydrogen) atoms. The first kappa shape index (κ1) is 25.0. The van der Waals surface area contributed by atoms with Gasteiger partial charge in [0.2, 0.25) is 0 Å². The first-order valence-electron chi connectivity index (χ1n) is 13.5. The van der Waals surface area contributed by atoms with Gasteiger partial charge in [0.05, 0.1) is 6.10 Å². The third kappa shape index (κ3) is 4.71. The Hall–Kier alpha value is -0.0600. The van der Waals surface area contributed by atoms with Gasteiger partial charge in [0.25, 0.3) is 0 Å². The molecule has 0 amide bonds. The minimum Gasteiger partial charge on any atom is -0.359 e.